The Morgan fingerprint density at radius 1 is 1.00 bits per heavy atom. The first-order valence-corrected chi connectivity index (χ1v) is 9.59. The van der Waals surface area contributed by atoms with E-state index in [0.29, 0.717) is 11.8 Å². The van der Waals surface area contributed by atoms with E-state index in [9.17, 15) is 10.2 Å². The van der Waals surface area contributed by atoms with Gasteiger partial charge in [0, 0.05) is 6.04 Å². The summed E-state index contributed by atoms with van der Waals surface area (Å²) in [4.78, 5) is 0. The van der Waals surface area contributed by atoms with Gasteiger partial charge < -0.3 is 15.9 Å². The first-order valence-electron chi connectivity index (χ1n) is 9.59. The van der Waals surface area contributed by atoms with Crippen molar-refractivity contribution in [2.45, 2.75) is 77.0 Å². The fourth-order valence-electron chi connectivity index (χ4n) is 7.20. The van der Waals surface area contributed by atoms with Crippen LogP contribution in [-0.4, -0.2) is 28.5 Å². The van der Waals surface area contributed by atoms with E-state index in [1.54, 1.807) is 0 Å². The molecule has 0 aromatic carbocycles. The highest BCUT2D eigenvalue weighted by Gasteiger charge is 2.63. The molecule has 4 fully saturated rings. The molecule has 9 atom stereocenters. The van der Waals surface area contributed by atoms with Crippen molar-refractivity contribution in [3.05, 3.63) is 12.2 Å². The number of aliphatic hydroxyl groups is 2. The molecular weight excluding hydrogens is 286 g/mol. The standard InChI is InChI=1S/C20H33NO2/c1-11-4-5-13-16-14(7-9-19(11,13)2)20(3)8-6-12(21)10-15(20)17(22)18(16)23/h12-18,22-23H,1,4-10,21H2,2-3H3/t12-,13?,14?,15?,16?,17+,18+,19?,20+/m0/s1. The lowest BCUT2D eigenvalue weighted by Gasteiger charge is -2.63. The van der Waals surface area contributed by atoms with Crippen LogP contribution in [0.25, 0.3) is 0 Å². The maximum Gasteiger partial charge on any atom is 0.0836 e. The van der Waals surface area contributed by atoms with Gasteiger partial charge in [0.1, 0.15) is 0 Å². The van der Waals surface area contributed by atoms with Crippen LogP contribution in [0.3, 0.4) is 0 Å². The van der Waals surface area contributed by atoms with Gasteiger partial charge in [-0.1, -0.05) is 26.0 Å². The third kappa shape index (κ3) is 1.99. The average molecular weight is 319 g/mol. The second-order valence-corrected chi connectivity index (χ2v) is 9.52. The number of rotatable bonds is 0. The van der Waals surface area contributed by atoms with Crippen molar-refractivity contribution < 1.29 is 10.2 Å². The molecule has 0 heterocycles. The number of nitrogens with two attached hydrogens (primary N) is 1. The van der Waals surface area contributed by atoms with E-state index in [0.717, 1.165) is 32.1 Å². The molecule has 0 aliphatic heterocycles. The molecule has 0 aromatic heterocycles. The highest BCUT2D eigenvalue weighted by Crippen LogP contribution is 2.66. The smallest absolute Gasteiger partial charge is 0.0836 e. The van der Waals surface area contributed by atoms with E-state index in [2.05, 4.69) is 20.4 Å². The molecule has 0 bridgehead atoms. The van der Waals surface area contributed by atoms with Crippen LogP contribution >= 0.6 is 0 Å². The molecule has 0 amide bonds. The lowest BCUT2D eigenvalue weighted by Crippen LogP contribution is -2.64. The molecule has 4 N–H and O–H groups in total. The third-order valence-electron chi connectivity index (χ3n) is 8.75. The zero-order valence-electron chi connectivity index (χ0n) is 14.7. The minimum atomic E-state index is -0.608. The Morgan fingerprint density at radius 3 is 2.48 bits per heavy atom. The van der Waals surface area contributed by atoms with Gasteiger partial charge in [0.2, 0.25) is 0 Å². The van der Waals surface area contributed by atoms with Gasteiger partial charge in [-0.25, -0.2) is 0 Å². The normalized spacial score (nSPS) is 59.2. The van der Waals surface area contributed by atoms with Crippen LogP contribution in [0.1, 0.15) is 58.8 Å². The minimum Gasteiger partial charge on any atom is -0.390 e. The zero-order chi connectivity index (χ0) is 16.6. The fourth-order valence-corrected chi connectivity index (χ4v) is 7.20. The van der Waals surface area contributed by atoms with Crippen molar-refractivity contribution in [3.63, 3.8) is 0 Å². The van der Waals surface area contributed by atoms with E-state index in [1.807, 2.05) is 0 Å². The van der Waals surface area contributed by atoms with E-state index < -0.39 is 12.2 Å². The number of hydrogen-bond donors (Lipinski definition) is 3. The summed E-state index contributed by atoms with van der Waals surface area (Å²) in [5.41, 5.74) is 7.89. The van der Waals surface area contributed by atoms with Crippen LogP contribution in [0.4, 0.5) is 0 Å². The van der Waals surface area contributed by atoms with Crippen LogP contribution in [0.2, 0.25) is 0 Å². The predicted molar refractivity (Wildman–Crippen MR) is 91.6 cm³/mol. The average Bonchev–Trinajstić information content (AvgIpc) is 2.82. The Kier molecular flexibility index (Phi) is 3.54. The van der Waals surface area contributed by atoms with Gasteiger partial charge in [-0.15, -0.1) is 0 Å². The summed E-state index contributed by atoms with van der Waals surface area (Å²) in [6.07, 6.45) is 6.45. The van der Waals surface area contributed by atoms with Gasteiger partial charge in [-0.3, -0.25) is 0 Å². The van der Waals surface area contributed by atoms with Crippen LogP contribution in [0.5, 0.6) is 0 Å². The van der Waals surface area contributed by atoms with E-state index in [1.165, 1.54) is 18.4 Å². The van der Waals surface area contributed by atoms with E-state index >= 15 is 0 Å². The minimum absolute atomic E-state index is 0.143. The predicted octanol–water partition coefficient (Wildman–Crippen LogP) is 2.85. The molecule has 4 rings (SSSR count). The second kappa shape index (κ2) is 5.06. The number of aliphatic hydroxyl groups excluding tert-OH is 2. The van der Waals surface area contributed by atoms with Crippen molar-refractivity contribution in [2.75, 3.05) is 0 Å². The summed E-state index contributed by atoms with van der Waals surface area (Å²) >= 11 is 0. The van der Waals surface area contributed by atoms with Gasteiger partial charge in [0.15, 0.2) is 0 Å². The highest BCUT2D eigenvalue weighted by molar-refractivity contribution is 5.23. The van der Waals surface area contributed by atoms with Crippen LogP contribution < -0.4 is 5.73 Å². The molecule has 3 heteroatoms. The van der Waals surface area contributed by atoms with Crippen molar-refractivity contribution in [1.82, 2.24) is 0 Å². The van der Waals surface area contributed by atoms with E-state index in [-0.39, 0.29) is 28.7 Å². The SMILES string of the molecule is C=C1CCC2C3C(CCC12C)[C@@]1(C)CC[C@H](N)CC1[C@@H](O)[C@@H]3O. The number of fused-ring (bicyclic) bond motifs is 5. The first kappa shape index (κ1) is 16.1. The number of hydrogen-bond acceptors (Lipinski definition) is 3. The van der Waals surface area contributed by atoms with Gasteiger partial charge in [-0.2, -0.15) is 0 Å². The van der Waals surface area contributed by atoms with Crippen molar-refractivity contribution >= 4 is 0 Å². The summed E-state index contributed by atoms with van der Waals surface area (Å²) in [6, 6.07) is 0.187. The number of allylic oxidation sites excluding steroid dienone is 1. The summed E-state index contributed by atoms with van der Waals surface area (Å²) in [7, 11) is 0. The second-order valence-electron chi connectivity index (χ2n) is 9.52. The molecule has 130 valence electrons. The lowest BCUT2D eigenvalue weighted by atomic mass is 9.43. The Bertz CT molecular complexity index is 520. The summed E-state index contributed by atoms with van der Waals surface area (Å²) < 4.78 is 0. The molecule has 4 saturated carbocycles. The molecule has 4 aliphatic carbocycles. The Morgan fingerprint density at radius 2 is 1.74 bits per heavy atom. The highest BCUT2D eigenvalue weighted by atomic mass is 16.3. The summed E-state index contributed by atoms with van der Waals surface area (Å²) in [6.45, 7) is 9.07. The molecule has 0 radical (unpaired) electrons. The van der Waals surface area contributed by atoms with Gasteiger partial charge in [0.05, 0.1) is 12.2 Å². The third-order valence-corrected chi connectivity index (χ3v) is 8.75. The fraction of sp³-hybridized carbons (Fsp3) is 0.900. The molecule has 0 saturated heterocycles. The molecule has 0 spiro atoms. The maximum absolute atomic E-state index is 11.0. The maximum atomic E-state index is 11.0. The van der Waals surface area contributed by atoms with E-state index in [4.69, 9.17) is 5.73 Å². The molecule has 0 aromatic rings. The Labute approximate surface area is 140 Å². The quantitative estimate of drug-likeness (QED) is 0.602. The van der Waals surface area contributed by atoms with Crippen molar-refractivity contribution in [2.24, 2.45) is 40.2 Å². The van der Waals surface area contributed by atoms with Crippen LogP contribution in [0.15, 0.2) is 12.2 Å². The van der Waals surface area contributed by atoms with Gasteiger partial charge >= 0.3 is 0 Å². The molecule has 4 aliphatic rings. The van der Waals surface area contributed by atoms with Gasteiger partial charge in [-0.05, 0) is 79.4 Å². The topological polar surface area (TPSA) is 66.5 Å². The molecule has 23 heavy (non-hydrogen) atoms. The summed E-state index contributed by atoms with van der Waals surface area (Å²) in [5, 5.41) is 22.0. The molecular formula is C20H33NO2. The zero-order valence-corrected chi connectivity index (χ0v) is 14.7. The lowest BCUT2D eigenvalue weighted by molar-refractivity contribution is -0.210. The van der Waals surface area contributed by atoms with Gasteiger partial charge in [0.25, 0.3) is 0 Å². The Balaban J connectivity index is 1.73. The largest absolute Gasteiger partial charge is 0.390 e. The van der Waals surface area contributed by atoms with Crippen LogP contribution in [0, 0.1) is 34.5 Å². The summed E-state index contributed by atoms with van der Waals surface area (Å²) in [5.74, 6) is 1.42. The van der Waals surface area contributed by atoms with Crippen molar-refractivity contribution in [3.8, 4) is 0 Å². The monoisotopic (exact) mass is 319 g/mol. The molecule has 3 nitrogen and oxygen atoms in total. The first-order chi connectivity index (χ1) is 10.8. The van der Waals surface area contributed by atoms with Crippen molar-refractivity contribution in [1.29, 1.82) is 0 Å². The molecule has 5 unspecified atom stereocenters. The van der Waals surface area contributed by atoms with Crippen LogP contribution in [-0.2, 0) is 0 Å². The Hall–Kier alpha value is -0.380.